The zero-order valence-electron chi connectivity index (χ0n) is 13.1. The molecule has 0 amide bonds. The number of fused-ring (bicyclic) bond motifs is 1. The fourth-order valence-corrected chi connectivity index (χ4v) is 2.69. The summed E-state index contributed by atoms with van der Waals surface area (Å²) < 4.78 is 38.1. The Bertz CT molecular complexity index is 935. The van der Waals surface area contributed by atoms with E-state index in [0.717, 1.165) is 11.5 Å². The molecule has 0 spiro atoms. The molecule has 3 aromatic carbocycles. The van der Waals surface area contributed by atoms with Crippen LogP contribution in [0.2, 0.25) is 0 Å². The fraction of sp³-hybridized carbons (Fsp3) is 0.105. The predicted molar refractivity (Wildman–Crippen MR) is 87.2 cm³/mol. The molecule has 0 heterocycles. The monoisotopic (exact) mass is 328 g/mol. The summed E-state index contributed by atoms with van der Waals surface area (Å²) in [6.07, 6.45) is 0. The highest BCUT2D eigenvalue weighted by Crippen LogP contribution is 2.38. The summed E-state index contributed by atoms with van der Waals surface area (Å²) in [6, 6.07) is 12.6. The minimum absolute atomic E-state index is 0.0186. The molecule has 0 radical (unpaired) electrons. The molecule has 0 aliphatic carbocycles. The van der Waals surface area contributed by atoms with Crippen molar-refractivity contribution in [2.24, 2.45) is 0 Å². The SMILES string of the molecule is COC(=O)c1ccc2cccc(-c3c(OC)ccc(F)c3F)c2c1. The Balaban J connectivity index is 2.35. The number of rotatable bonds is 3. The Morgan fingerprint density at radius 3 is 2.50 bits per heavy atom. The van der Waals surface area contributed by atoms with E-state index in [0.29, 0.717) is 16.5 Å². The van der Waals surface area contributed by atoms with Crippen LogP contribution in [0.25, 0.3) is 21.9 Å². The van der Waals surface area contributed by atoms with Gasteiger partial charge < -0.3 is 9.47 Å². The lowest BCUT2D eigenvalue weighted by Gasteiger charge is -2.13. The maximum atomic E-state index is 14.4. The average molecular weight is 328 g/mol. The number of methoxy groups -OCH3 is 2. The molecular formula is C19H14F2O3. The van der Waals surface area contributed by atoms with Crippen molar-refractivity contribution < 1.29 is 23.0 Å². The van der Waals surface area contributed by atoms with Crippen LogP contribution in [0, 0.1) is 11.6 Å². The van der Waals surface area contributed by atoms with Gasteiger partial charge in [-0.25, -0.2) is 13.6 Å². The summed E-state index contributed by atoms with van der Waals surface area (Å²) in [4.78, 5) is 11.8. The third-order valence-corrected chi connectivity index (χ3v) is 3.85. The van der Waals surface area contributed by atoms with Crippen molar-refractivity contribution in [2.75, 3.05) is 14.2 Å². The van der Waals surface area contributed by atoms with E-state index in [-0.39, 0.29) is 11.3 Å². The summed E-state index contributed by atoms with van der Waals surface area (Å²) in [7, 11) is 2.68. The number of ether oxygens (including phenoxy) is 2. The van der Waals surface area contributed by atoms with Crippen molar-refractivity contribution in [3.8, 4) is 16.9 Å². The van der Waals surface area contributed by atoms with Gasteiger partial charge >= 0.3 is 5.97 Å². The Morgan fingerprint density at radius 2 is 1.79 bits per heavy atom. The standard InChI is InChI=1S/C19H14F2O3/c1-23-16-9-8-15(20)18(21)17(16)13-5-3-4-11-6-7-12(10-14(11)13)19(22)24-2/h3-10H,1-2H3. The van der Waals surface area contributed by atoms with E-state index in [4.69, 9.17) is 9.47 Å². The van der Waals surface area contributed by atoms with Crippen molar-refractivity contribution in [3.05, 3.63) is 65.7 Å². The van der Waals surface area contributed by atoms with Crippen LogP contribution < -0.4 is 4.74 Å². The first kappa shape index (κ1) is 15.9. The number of carbonyl (C=O) groups is 1. The summed E-state index contributed by atoms with van der Waals surface area (Å²) in [5.41, 5.74) is 0.783. The van der Waals surface area contributed by atoms with Crippen LogP contribution in [-0.4, -0.2) is 20.2 Å². The zero-order chi connectivity index (χ0) is 17.3. The lowest BCUT2D eigenvalue weighted by Crippen LogP contribution is -2.01. The van der Waals surface area contributed by atoms with Gasteiger partial charge in [-0.2, -0.15) is 0 Å². The van der Waals surface area contributed by atoms with E-state index >= 15 is 0 Å². The van der Waals surface area contributed by atoms with Crippen LogP contribution in [0.15, 0.2) is 48.5 Å². The molecule has 122 valence electrons. The first-order chi connectivity index (χ1) is 11.6. The molecule has 0 fully saturated rings. The number of halogens is 2. The minimum Gasteiger partial charge on any atom is -0.496 e. The maximum absolute atomic E-state index is 14.4. The first-order valence-electron chi connectivity index (χ1n) is 7.20. The van der Waals surface area contributed by atoms with E-state index in [1.54, 1.807) is 30.3 Å². The second kappa shape index (κ2) is 6.28. The predicted octanol–water partition coefficient (Wildman–Crippen LogP) is 4.58. The van der Waals surface area contributed by atoms with Crippen LogP contribution in [0.4, 0.5) is 8.78 Å². The quantitative estimate of drug-likeness (QED) is 0.660. The van der Waals surface area contributed by atoms with E-state index in [1.807, 2.05) is 6.07 Å². The number of carbonyl (C=O) groups excluding carboxylic acids is 1. The van der Waals surface area contributed by atoms with Gasteiger partial charge in [0.2, 0.25) is 0 Å². The summed E-state index contributed by atoms with van der Waals surface area (Å²) in [6.45, 7) is 0. The molecule has 3 nitrogen and oxygen atoms in total. The van der Waals surface area contributed by atoms with E-state index < -0.39 is 17.6 Å². The number of benzene rings is 3. The third-order valence-electron chi connectivity index (χ3n) is 3.85. The molecule has 0 saturated heterocycles. The van der Waals surface area contributed by atoms with Gasteiger partial charge in [0.15, 0.2) is 11.6 Å². The average Bonchev–Trinajstić information content (AvgIpc) is 2.62. The minimum atomic E-state index is -0.995. The van der Waals surface area contributed by atoms with Gasteiger partial charge in [0, 0.05) is 0 Å². The van der Waals surface area contributed by atoms with Crippen LogP contribution in [0.3, 0.4) is 0 Å². The molecule has 0 unspecified atom stereocenters. The van der Waals surface area contributed by atoms with Crippen LogP contribution in [0.1, 0.15) is 10.4 Å². The number of esters is 1. The molecule has 0 bridgehead atoms. The maximum Gasteiger partial charge on any atom is 0.337 e. The molecule has 3 aromatic rings. The summed E-state index contributed by atoms with van der Waals surface area (Å²) in [5, 5.41) is 1.38. The molecule has 0 aromatic heterocycles. The highest BCUT2D eigenvalue weighted by Gasteiger charge is 2.19. The van der Waals surface area contributed by atoms with E-state index in [9.17, 15) is 13.6 Å². The van der Waals surface area contributed by atoms with Gasteiger partial charge in [-0.05, 0) is 40.6 Å². The van der Waals surface area contributed by atoms with Gasteiger partial charge in [-0.15, -0.1) is 0 Å². The van der Waals surface area contributed by atoms with Gasteiger partial charge in [-0.1, -0.05) is 24.3 Å². The Labute approximate surface area is 137 Å². The molecular weight excluding hydrogens is 314 g/mol. The van der Waals surface area contributed by atoms with Crippen LogP contribution >= 0.6 is 0 Å². The second-order valence-corrected chi connectivity index (χ2v) is 5.17. The van der Waals surface area contributed by atoms with Crippen molar-refractivity contribution in [3.63, 3.8) is 0 Å². The lowest BCUT2D eigenvalue weighted by molar-refractivity contribution is 0.0601. The summed E-state index contributed by atoms with van der Waals surface area (Å²) in [5.74, 6) is -2.25. The van der Waals surface area contributed by atoms with Crippen molar-refractivity contribution in [1.29, 1.82) is 0 Å². The van der Waals surface area contributed by atoms with Gasteiger partial charge in [-0.3, -0.25) is 0 Å². The van der Waals surface area contributed by atoms with Gasteiger partial charge in [0.1, 0.15) is 5.75 Å². The molecule has 5 heteroatoms. The smallest absolute Gasteiger partial charge is 0.337 e. The molecule has 0 atom stereocenters. The lowest BCUT2D eigenvalue weighted by atomic mass is 9.95. The molecule has 0 aliphatic heterocycles. The molecule has 0 N–H and O–H groups in total. The normalized spacial score (nSPS) is 10.7. The number of hydrogen-bond acceptors (Lipinski definition) is 3. The molecule has 3 rings (SSSR count). The molecule has 0 saturated carbocycles. The Hall–Kier alpha value is -2.95. The Kier molecular flexibility index (Phi) is 4.16. The zero-order valence-corrected chi connectivity index (χ0v) is 13.1. The highest BCUT2D eigenvalue weighted by atomic mass is 19.2. The Morgan fingerprint density at radius 1 is 1.00 bits per heavy atom. The second-order valence-electron chi connectivity index (χ2n) is 5.17. The van der Waals surface area contributed by atoms with Crippen molar-refractivity contribution in [2.45, 2.75) is 0 Å². The highest BCUT2D eigenvalue weighted by molar-refractivity contribution is 6.02. The van der Waals surface area contributed by atoms with E-state index in [1.165, 1.54) is 20.3 Å². The van der Waals surface area contributed by atoms with Gasteiger partial charge in [0.05, 0.1) is 25.3 Å². The first-order valence-corrected chi connectivity index (χ1v) is 7.20. The van der Waals surface area contributed by atoms with Gasteiger partial charge in [0.25, 0.3) is 0 Å². The van der Waals surface area contributed by atoms with Crippen molar-refractivity contribution in [1.82, 2.24) is 0 Å². The topological polar surface area (TPSA) is 35.5 Å². The fourth-order valence-electron chi connectivity index (χ4n) is 2.69. The third kappa shape index (κ3) is 2.58. The van der Waals surface area contributed by atoms with E-state index in [2.05, 4.69) is 0 Å². The summed E-state index contributed by atoms with van der Waals surface area (Å²) >= 11 is 0. The van der Waals surface area contributed by atoms with Crippen LogP contribution in [-0.2, 0) is 4.74 Å². The van der Waals surface area contributed by atoms with Crippen LogP contribution in [0.5, 0.6) is 5.75 Å². The molecule has 24 heavy (non-hydrogen) atoms. The number of hydrogen-bond donors (Lipinski definition) is 0. The molecule has 0 aliphatic rings. The largest absolute Gasteiger partial charge is 0.496 e. The van der Waals surface area contributed by atoms with Crippen molar-refractivity contribution >= 4 is 16.7 Å².